The number of carbonyl (C=O) groups excluding carboxylic acids is 1. The Bertz CT molecular complexity index is 616. The lowest BCUT2D eigenvalue weighted by Gasteiger charge is -2.23. The maximum Gasteiger partial charge on any atom is 0.417 e. The molecular weight excluding hydrogens is 290 g/mol. The molecule has 0 aromatic carbocycles. The van der Waals surface area contributed by atoms with Crippen LogP contribution in [0, 0.1) is 0 Å². The second-order valence-corrected chi connectivity index (χ2v) is 5.05. The summed E-state index contributed by atoms with van der Waals surface area (Å²) in [5, 5.41) is 8.77. The van der Waals surface area contributed by atoms with Gasteiger partial charge in [0.2, 0.25) is 5.88 Å². The maximum absolute atomic E-state index is 11.8. The predicted molar refractivity (Wildman–Crippen MR) is 74.0 cm³/mol. The third-order valence-corrected chi connectivity index (χ3v) is 3.43. The zero-order chi connectivity index (χ0) is 15.5. The van der Waals surface area contributed by atoms with E-state index < -0.39 is 18.2 Å². The topological polar surface area (TPSA) is 85.3 Å². The highest BCUT2D eigenvalue weighted by atomic mass is 16.6. The van der Waals surface area contributed by atoms with Gasteiger partial charge in [-0.25, -0.2) is 9.69 Å². The number of hydrogen-bond donors (Lipinski definition) is 1. The van der Waals surface area contributed by atoms with Gasteiger partial charge in [-0.05, 0) is 18.4 Å². The van der Waals surface area contributed by atoms with Crippen LogP contribution in [0.25, 0.3) is 0 Å². The highest BCUT2D eigenvalue weighted by Gasteiger charge is 2.37. The van der Waals surface area contributed by atoms with Gasteiger partial charge in [0.1, 0.15) is 12.4 Å². The van der Waals surface area contributed by atoms with Crippen molar-refractivity contribution < 1.29 is 28.9 Å². The molecule has 0 radical (unpaired) electrons. The van der Waals surface area contributed by atoms with E-state index in [9.17, 15) is 9.59 Å². The third kappa shape index (κ3) is 2.98. The van der Waals surface area contributed by atoms with Gasteiger partial charge in [-0.1, -0.05) is 18.2 Å². The van der Waals surface area contributed by atoms with Crippen LogP contribution in [0.4, 0.5) is 4.79 Å². The van der Waals surface area contributed by atoms with Crippen LogP contribution in [0.5, 0.6) is 0 Å². The molecule has 7 heteroatoms. The lowest BCUT2D eigenvalue weighted by Crippen LogP contribution is -2.27. The van der Waals surface area contributed by atoms with Gasteiger partial charge in [-0.3, -0.25) is 4.79 Å². The Morgan fingerprint density at radius 2 is 2.27 bits per heavy atom. The van der Waals surface area contributed by atoms with E-state index in [0.717, 1.165) is 18.4 Å². The summed E-state index contributed by atoms with van der Waals surface area (Å²) in [5.41, 5.74) is 0.975. The van der Waals surface area contributed by atoms with E-state index in [-0.39, 0.29) is 18.8 Å². The fraction of sp³-hybridized carbons (Fsp3) is 0.333. The summed E-state index contributed by atoms with van der Waals surface area (Å²) in [5.74, 6) is -0.281. The number of ether oxygens (including phenoxy) is 3. The van der Waals surface area contributed by atoms with Crippen molar-refractivity contribution in [3.8, 4) is 0 Å². The normalized spacial score (nSPS) is 23.8. The molecule has 1 aliphatic carbocycles. The molecule has 0 aromatic heterocycles. The van der Waals surface area contributed by atoms with E-state index in [1.165, 1.54) is 17.4 Å². The quantitative estimate of drug-likeness (QED) is 0.857. The Hall–Kier alpha value is -2.70. The average Bonchev–Trinajstić information content (AvgIpc) is 2.88. The molecule has 0 unspecified atom stereocenters. The number of aliphatic carboxylic acids is 1. The molecule has 1 saturated heterocycles. The Morgan fingerprint density at radius 3 is 3.00 bits per heavy atom. The minimum atomic E-state index is -1.02. The van der Waals surface area contributed by atoms with E-state index in [1.807, 2.05) is 12.2 Å². The van der Waals surface area contributed by atoms with Crippen molar-refractivity contribution in [3.63, 3.8) is 0 Å². The zero-order valence-electron chi connectivity index (χ0n) is 11.7. The number of carboxylic acids is 1. The van der Waals surface area contributed by atoms with Crippen LogP contribution in [-0.2, 0) is 19.0 Å². The van der Waals surface area contributed by atoms with Crippen molar-refractivity contribution in [3.05, 3.63) is 48.0 Å². The third-order valence-electron chi connectivity index (χ3n) is 3.43. The van der Waals surface area contributed by atoms with Gasteiger partial charge in [0.15, 0.2) is 12.0 Å². The summed E-state index contributed by atoms with van der Waals surface area (Å²) in [6.45, 7) is 0.118. The molecule has 3 aliphatic rings. The van der Waals surface area contributed by atoms with Crippen molar-refractivity contribution in [2.24, 2.45) is 0 Å². The van der Waals surface area contributed by atoms with Gasteiger partial charge in [0.25, 0.3) is 0 Å². The molecule has 2 heterocycles. The molecule has 1 atom stereocenters. The molecule has 3 rings (SSSR count). The predicted octanol–water partition coefficient (Wildman–Crippen LogP) is 2.25. The van der Waals surface area contributed by atoms with Gasteiger partial charge in [-0.15, -0.1) is 0 Å². The van der Waals surface area contributed by atoms with Crippen LogP contribution in [0.3, 0.4) is 0 Å². The van der Waals surface area contributed by atoms with Gasteiger partial charge >= 0.3 is 12.1 Å². The van der Waals surface area contributed by atoms with Gasteiger partial charge in [0.05, 0.1) is 13.0 Å². The second-order valence-electron chi connectivity index (χ2n) is 5.05. The van der Waals surface area contributed by atoms with Crippen LogP contribution < -0.4 is 0 Å². The first kappa shape index (κ1) is 14.2. The molecule has 0 spiro atoms. The Kier molecular flexibility index (Phi) is 3.86. The standard InChI is InChI=1S/C15H15NO6/c17-14(18)6-11-7-16(15(19)21-11)13-9-20-8-12(22-13)10-4-2-1-3-5-10/h1-2,4,8-9,11H,3,5-7H2,(H,17,18)/t11-/m1/s1. The molecule has 2 aliphatic heterocycles. The Balaban J connectivity index is 1.67. The highest BCUT2D eigenvalue weighted by Crippen LogP contribution is 2.29. The van der Waals surface area contributed by atoms with Crippen molar-refractivity contribution in [1.82, 2.24) is 4.90 Å². The number of hydrogen-bond acceptors (Lipinski definition) is 5. The first-order valence-corrected chi connectivity index (χ1v) is 6.93. The van der Waals surface area contributed by atoms with E-state index in [2.05, 4.69) is 6.08 Å². The van der Waals surface area contributed by atoms with Crippen molar-refractivity contribution in [2.75, 3.05) is 6.54 Å². The lowest BCUT2D eigenvalue weighted by molar-refractivity contribution is -0.138. The van der Waals surface area contributed by atoms with Crippen LogP contribution in [0.2, 0.25) is 0 Å². The molecular formula is C15H15NO6. The van der Waals surface area contributed by atoms with Crippen molar-refractivity contribution in [2.45, 2.75) is 25.4 Å². The number of allylic oxidation sites excluding steroid dienone is 4. The van der Waals surface area contributed by atoms with Crippen LogP contribution in [-0.4, -0.2) is 34.7 Å². The maximum atomic E-state index is 11.8. The van der Waals surface area contributed by atoms with Gasteiger partial charge in [0, 0.05) is 0 Å². The molecule has 0 saturated carbocycles. The first-order chi connectivity index (χ1) is 10.6. The fourth-order valence-electron chi connectivity index (χ4n) is 2.39. The minimum Gasteiger partial charge on any atom is -0.481 e. The lowest BCUT2D eigenvalue weighted by atomic mass is 10.0. The van der Waals surface area contributed by atoms with E-state index >= 15 is 0 Å². The summed E-state index contributed by atoms with van der Waals surface area (Å²) in [7, 11) is 0. The first-order valence-electron chi connectivity index (χ1n) is 6.93. The number of rotatable bonds is 4. The van der Waals surface area contributed by atoms with E-state index in [0.29, 0.717) is 5.76 Å². The molecule has 116 valence electrons. The second kappa shape index (κ2) is 5.97. The van der Waals surface area contributed by atoms with Gasteiger partial charge in [-0.2, -0.15) is 0 Å². The van der Waals surface area contributed by atoms with Gasteiger partial charge < -0.3 is 19.3 Å². The average molecular weight is 305 g/mol. The van der Waals surface area contributed by atoms with E-state index in [1.54, 1.807) is 0 Å². The van der Waals surface area contributed by atoms with Crippen LogP contribution in [0.1, 0.15) is 19.3 Å². The number of carboxylic acid groups (broad SMARTS) is 1. The van der Waals surface area contributed by atoms with Crippen LogP contribution in [0.15, 0.2) is 48.0 Å². The minimum absolute atomic E-state index is 0.118. The SMILES string of the molecule is O=C(O)C[C@@H]1CN(C2=COC=C(C3=CC=CCC3)O2)C(=O)O1. The molecule has 1 amide bonds. The number of cyclic esters (lactones) is 1. The molecule has 0 bridgehead atoms. The molecule has 1 fully saturated rings. The Labute approximate surface area is 126 Å². The largest absolute Gasteiger partial charge is 0.481 e. The Morgan fingerprint density at radius 1 is 1.41 bits per heavy atom. The molecule has 7 nitrogen and oxygen atoms in total. The fourth-order valence-corrected chi connectivity index (χ4v) is 2.39. The van der Waals surface area contributed by atoms with Crippen molar-refractivity contribution in [1.29, 1.82) is 0 Å². The molecule has 0 aromatic rings. The molecule has 1 N–H and O–H groups in total. The number of nitrogens with zero attached hydrogens (tertiary/aromatic N) is 1. The highest BCUT2D eigenvalue weighted by molar-refractivity contribution is 5.74. The summed E-state index contributed by atoms with van der Waals surface area (Å²) in [6.07, 6.45) is 8.86. The summed E-state index contributed by atoms with van der Waals surface area (Å²) >= 11 is 0. The van der Waals surface area contributed by atoms with E-state index in [4.69, 9.17) is 19.3 Å². The summed E-state index contributed by atoms with van der Waals surface area (Å²) < 4.78 is 16.0. The summed E-state index contributed by atoms with van der Waals surface area (Å²) in [4.78, 5) is 23.8. The smallest absolute Gasteiger partial charge is 0.417 e. The van der Waals surface area contributed by atoms with Crippen molar-refractivity contribution >= 4 is 12.1 Å². The molecule has 22 heavy (non-hydrogen) atoms. The van der Waals surface area contributed by atoms with Crippen LogP contribution >= 0.6 is 0 Å². The number of carbonyl (C=O) groups is 2. The number of amides is 1. The zero-order valence-corrected chi connectivity index (χ0v) is 11.7. The monoisotopic (exact) mass is 305 g/mol. The summed E-state index contributed by atoms with van der Waals surface area (Å²) in [6, 6.07) is 0.